The monoisotopic (exact) mass is 410 g/mol. The zero-order chi connectivity index (χ0) is 21.6. The predicted molar refractivity (Wildman–Crippen MR) is 123 cm³/mol. The normalized spacial score (nSPS) is 11.6. The fourth-order valence-electron chi connectivity index (χ4n) is 3.50. The number of carboxylic acids is 1. The average molecular weight is 410 g/mol. The van der Waals surface area contributed by atoms with E-state index in [1.165, 1.54) is 0 Å². The summed E-state index contributed by atoms with van der Waals surface area (Å²) < 4.78 is 0. The van der Waals surface area contributed by atoms with E-state index < -0.39 is 18.0 Å². The highest BCUT2D eigenvalue weighted by Gasteiger charge is 2.20. The number of amides is 2. The third-order valence-electron chi connectivity index (χ3n) is 5.11. The zero-order valence-electron chi connectivity index (χ0n) is 16.8. The van der Waals surface area contributed by atoms with Crippen molar-refractivity contribution in [1.82, 2.24) is 5.32 Å². The summed E-state index contributed by atoms with van der Waals surface area (Å²) in [7, 11) is 0. The number of aliphatic carboxylic acids is 1. The Bertz CT molecular complexity index is 1200. The number of nitrogens with one attached hydrogen (secondary N) is 2. The lowest BCUT2D eigenvalue weighted by Gasteiger charge is -2.16. The number of rotatable bonds is 6. The first-order valence-electron chi connectivity index (χ1n) is 10.0. The van der Waals surface area contributed by atoms with Crippen LogP contribution < -0.4 is 10.6 Å². The second kappa shape index (κ2) is 9.13. The van der Waals surface area contributed by atoms with Gasteiger partial charge in [0.1, 0.15) is 6.04 Å². The second-order valence-corrected chi connectivity index (χ2v) is 7.32. The molecule has 154 valence electrons. The molecular formula is C26H22N2O3. The number of carbonyl (C=O) groups excluding carboxylic acids is 1. The van der Waals surface area contributed by atoms with Gasteiger partial charge in [-0.25, -0.2) is 9.59 Å². The Labute approximate surface area is 180 Å². The molecular weight excluding hydrogens is 388 g/mol. The second-order valence-electron chi connectivity index (χ2n) is 7.32. The number of urea groups is 1. The van der Waals surface area contributed by atoms with Crippen LogP contribution in [0, 0.1) is 0 Å². The van der Waals surface area contributed by atoms with Crippen molar-refractivity contribution in [2.24, 2.45) is 0 Å². The van der Waals surface area contributed by atoms with E-state index in [1.807, 2.05) is 84.9 Å². The summed E-state index contributed by atoms with van der Waals surface area (Å²) in [6, 6.07) is 29.4. The fourth-order valence-corrected chi connectivity index (χ4v) is 3.50. The van der Waals surface area contributed by atoms with Crippen LogP contribution in [0.25, 0.3) is 21.9 Å². The van der Waals surface area contributed by atoms with Crippen molar-refractivity contribution in [2.75, 3.05) is 5.32 Å². The third-order valence-corrected chi connectivity index (χ3v) is 5.11. The summed E-state index contributed by atoms with van der Waals surface area (Å²) in [5, 5.41) is 17.0. The van der Waals surface area contributed by atoms with E-state index in [-0.39, 0.29) is 6.42 Å². The van der Waals surface area contributed by atoms with E-state index in [1.54, 1.807) is 12.1 Å². The summed E-state index contributed by atoms with van der Waals surface area (Å²) in [5.41, 5.74) is 3.55. The van der Waals surface area contributed by atoms with E-state index >= 15 is 0 Å². The highest BCUT2D eigenvalue weighted by atomic mass is 16.4. The van der Waals surface area contributed by atoms with Crippen molar-refractivity contribution in [2.45, 2.75) is 12.5 Å². The molecule has 2 amide bonds. The summed E-state index contributed by atoms with van der Waals surface area (Å²) in [6.45, 7) is 0. The first-order chi connectivity index (χ1) is 15.1. The van der Waals surface area contributed by atoms with Gasteiger partial charge >= 0.3 is 12.0 Å². The van der Waals surface area contributed by atoms with Crippen LogP contribution >= 0.6 is 0 Å². The summed E-state index contributed by atoms with van der Waals surface area (Å²) in [5.74, 6) is -1.08. The standard InChI is InChI=1S/C26H22N2O3/c29-25(30)24(17-18-10-11-20-8-4-5-9-22(20)16-18)28-26(31)27-23-14-12-21(13-15-23)19-6-2-1-3-7-19/h1-16,24H,17H2,(H,29,30)(H2,27,28,31). The van der Waals surface area contributed by atoms with Crippen molar-refractivity contribution in [3.63, 3.8) is 0 Å². The molecule has 1 atom stereocenters. The van der Waals surface area contributed by atoms with Gasteiger partial charge in [-0.15, -0.1) is 0 Å². The number of carboxylic acid groups (broad SMARTS) is 1. The van der Waals surface area contributed by atoms with Crippen LogP contribution in [0.5, 0.6) is 0 Å². The lowest BCUT2D eigenvalue weighted by molar-refractivity contribution is -0.139. The van der Waals surface area contributed by atoms with E-state index in [2.05, 4.69) is 10.6 Å². The molecule has 0 aliphatic carbocycles. The van der Waals surface area contributed by atoms with Gasteiger partial charge in [-0.05, 0) is 39.6 Å². The maximum absolute atomic E-state index is 12.4. The van der Waals surface area contributed by atoms with Crippen LogP contribution in [0.15, 0.2) is 97.1 Å². The van der Waals surface area contributed by atoms with Crippen LogP contribution in [0.1, 0.15) is 5.56 Å². The van der Waals surface area contributed by atoms with Crippen LogP contribution in [0.4, 0.5) is 10.5 Å². The van der Waals surface area contributed by atoms with Gasteiger partial charge in [0.15, 0.2) is 0 Å². The van der Waals surface area contributed by atoms with Gasteiger partial charge in [0.05, 0.1) is 0 Å². The Morgan fingerprint density at radius 1 is 0.742 bits per heavy atom. The van der Waals surface area contributed by atoms with Crippen LogP contribution in [0.2, 0.25) is 0 Å². The predicted octanol–water partition coefficient (Wildman–Crippen LogP) is 5.32. The molecule has 31 heavy (non-hydrogen) atoms. The fraction of sp³-hybridized carbons (Fsp3) is 0.0769. The minimum atomic E-state index is -1.08. The molecule has 4 aromatic carbocycles. The summed E-state index contributed by atoms with van der Waals surface area (Å²) in [6.07, 6.45) is 0.195. The Hall–Kier alpha value is -4.12. The summed E-state index contributed by atoms with van der Waals surface area (Å²) in [4.78, 5) is 24.1. The van der Waals surface area contributed by atoms with E-state index in [0.29, 0.717) is 5.69 Å². The number of hydrogen-bond acceptors (Lipinski definition) is 2. The van der Waals surface area contributed by atoms with Gasteiger partial charge in [0, 0.05) is 12.1 Å². The zero-order valence-corrected chi connectivity index (χ0v) is 16.8. The molecule has 0 bridgehead atoms. The molecule has 0 aliphatic rings. The SMILES string of the molecule is O=C(Nc1ccc(-c2ccccc2)cc1)NC(Cc1ccc2ccccc2c1)C(=O)O. The quantitative estimate of drug-likeness (QED) is 0.402. The van der Waals surface area contributed by atoms with E-state index in [4.69, 9.17) is 0 Å². The molecule has 1 unspecified atom stereocenters. The lowest BCUT2D eigenvalue weighted by atomic mass is 10.0. The topological polar surface area (TPSA) is 78.4 Å². The number of benzene rings is 4. The number of fused-ring (bicyclic) bond motifs is 1. The molecule has 3 N–H and O–H groups in total. The van der Waals surface area contributed by atoms with Gasteiger partial charge in [-0.2, -0.15) is 0 Å². The molecule has 5 heteroatoms. The summed E-state index contributed by atoms with van der Waals surface area (Å²) >= 11 is 0. The van der Waals surface area contributed by atoms with Crippen molar-refractivity contribution >= 4 is 28.5 Å². The largest absolute Gasteiger partial charge is 0.480 e. The van der Waals surface area contributed by atoms with Crippen molar-refractivity contribution in [3.8, 4) is 11.1 Å². The van der Waals surface area contributed by atoms with Gasteiger partial charge in [0.25, 0.3) is 0 Å². The molecule has 0 spiro atoms. The highest BCUT2D eigenvalue weighted by molar-refractivity contribution is 5.92. The number of hydrogen-bond donors (Lipinski definition) is 3. The Kier molecular flexibility index (Phi) is 5.94. The first kappa shape index (κ1) is 20.2. The Morgan fingerprint density at radius 2 is 1.39 bits per heavy atom. The van der Waals surface area contributed by atoms with Gasteiger partial charge in [-0.1, -0.05) is 84.9 Å². The smallest absolute Gasteiger partial charge is 0.326 e. The maximum Gasteiger partial charge on any atom is 0.326 e. The number of carbonyl (C=O) groups is 2. The molecule has 0 aliphatic heterocycles. The maximum atomic E-state index is 12.4. The minimum Gasteiger partial charge on any atom is -0.480 e. The van der Waals surface area contributed by atoms with Crippen LogP contribution in [-0.2, 0) is 11.2 Å². The van der Waals surface area contributed by atoms with Gasteiger partial charge in [-0.3, -0.25) is 0 Å². The molecule has 4 aromatic rings. The average Bonchev–Trinajstić information content (AvgIpc) is 2.79. The van der Waals surface area contributed by atoms with Crippen molar-refractivity contribution in [3.05, 3.63) is 103 Å². The first-order valence-corrected chi connectivity index (χ1v) is 10.0. The van der Waals surface area contributed by atoms with Gasteiger partial charge < -0.3 is 15.7 Å². The molecule has 0 saturated heterocycles. The molecule has 0 saturated carbocycles. The molecule has 0 aromatic heterocycles. The van der Waals surface area contributed by atoms with Crippen molar-refractivity contribution < 1.29 is 14.7 Å². The Balaban J connectivity index is 1.40. The van der Waals surface area contributed by atoms with Crippen LogP contribution in [-0.4, -0.2) is 23.1 Å². The lowest BCUT2D eigenvalue weighted by Crippen LogP contribution is -2.44. The molecule has 0 radical (unpaired) electrons. The Morgan fingerprint density at radius 3 is 2.10 bits per heavy atom. The van der Waals surface area contributed by atoms with E-state index in [9.17, 15) is 14.7 Å². The van der Waals surface area contributed by atoms with Crippen molar-refractivity contribution in [1.29, 1.82) is 0 Å². The highest BCUT2D eigenvalue weighted by Crippen LogP contribution is 2.21. The molecule has 0 fully saturated rings. The molecule has 4 rings (SSSR count). The molecule has 5 nitrogen and oxygen atoms in total. The number of anilines is 1. The minimum absolute atomic E-state index is 0.195. The third kappa shape index (κ3) is 5.08. The van der Waals surface area contributed by atoms with E-state index in [0.717, 1.165) is 27.5 Å². The van der Waals surface area contributed by atoms with Crippen LogP contribution in [0.3, 0.4) is 0 Å². The molecule has 0 heterocycles. The van der Waals surface area contributed by atoms with Gasteiger partial charge in [0.2, 0.25) is 0 Å².